The van der Waals surface area contributed by atoms with E-state index in [1.165, 1.54) is 35.6 Å². The number of anilines is 1. The summed E-state index contributed by atoms with van der Waals surface area (Å²) in [5.41, 5.74) is 6.42. The fourth-order valence-corrected chi connectivity index (χ4v) is 8.86. The van der Waals surface area contributed by atoms with Gasteiger partial charge in [0.15, 0.2) is 0 Å². The summed E-state index contributed by atoms with van der Waals surface area (Å²) in [7, 11) is -0.946. The highest BCUT2D eigenvalue weighted by atomic mass is 32.2. The molecule has 2 fully saturated rings. The number of ether oxygens (including phenoxy) is 6. The highest BCUT2D eigenvalue weighted by Gasteiger charge is 2.65. The fourth-order valence-electron chi connectivity index (χ4n) is 8.38. The molecule has 0 bridgehead atoms. The number of aliphatic hydroxyl groups is 2. The number of hydrogen-bond donors (Lipinski definition) is 3. The Morgan fingerprint density at radius 1 is 0.719 bits per heavy atom. The van der Waals surface area contributed by atoms with E-state index in [9.17, 15) is 18.6 Å². The van der Waals surface area contributed by atoms with E-state index in [2.05, 4.69) is 30.1 Å². The van der Waals surface area contributed by atoms with Gasteiger partial charge in [-0.15, -0.1) is 10.2 Å². The number of methoxy groups -OCH3 is 2. The third kappa shape index (κ3) is 8.16. The molecule has 0 unspecified atom stereocenters. The summed E-state index contributed by atoms with van der Waals surface area (Å²) in [4.78, 5) is 16.6. The van der Waals surface area contributed by atoms with Crippen LogP contribution in [0.2, 0.25) is 0 Å². The number of hydrogen-bond acceptors (Lipinski definition) is 17. The van der Waals surface area contributed by atoms with Crippen LogP contribution >= 0.6 is 0 Å². The molecule has 4 N–H and O–H groups in total. The zero-order valence-corrected chi connectivity index (χ0v) is 37.6. The van der Waals surface area contributed by atoms with Crippen molar-refractivity contribution in [3.8, 4) is 11.8 Å². The molecule has 19 nitrogen and oxygen atoms in total. The van der Waals surface area contributed by atoms with Crippen LogP contribution in [0, 0.1) is 11.8 Å². The highest BCUT2D eigenvalue weighted by Crippen LogP contribution is 2.53. The lowest BCUT2D eigenvalue weighted by Gasteiger charge is -2.39. The maximum atomic E-state index is 12.2. The quantitative estimate of drug-likeness (QED) is 0.138. The molecule has 2 saturated heterocycles. The first-order valence-corrected chi connectivity index (χ1v) is 22.5. The molecule has 6 aromatic rings. The Bertz CT molecular complexity index is 2670. The van der Waals surface area contributed by atoms with Crippen molar-refractivity contribution in [2.24, 2.45) is 11.8 Å². The Balaban J connectivity index is 0.000000210. The second kappa shape index (κ2) is 18.3. The number of nitrogens with zero attached hydrogens (tertiary/aromatic N) is 8. The van der Waals surface area contributed by atoms with Crippen molar-refractivity contribution in [3.63, 3.8) is 0 Å². The molecular formula is C44H59N9O10S. The van der Waals surface area contributed by atoms with Gasteiger partial charge in [-0.05, 0) is 37.8 Å². The van der Waals surface area contributed by atoms with E-state index in [1.807, 2.05) is 95.3 Å². The van der Waals surface area contributed by atoms with Crippen LogP contribution in [0.5, 0.6) is 11.8 Å². The maximum absolute atomic E-state index is 12.2. The van der Waals surface area contributed by atoms with Crippen LogP contribution in [-0.4, -0.2) is 102 Å². The zero-order chi connectivity index (χ0) is 45.5. The molecule has 2 aliphatic heterocycles. The van der Waals surface area contributed by atoms with E-state index in [1.54, 1.807) is 6.92 Å². The van der Waals surface area contributed by atoms with Crippen molar-refractivity contribution in [3.05, 3.63) is 95.6 Å². The number of fused-ring (bicyclic) bond motifs is 2. The van der Waals surface area contributed by atoms with Crippen LogP contribution in [-0.2, 0) is 53.6 Å². The Morgan fingerprint density at radius 2 is 1.12 bits per heavy atom. The Kier molecular flexibility index (Phi) is 13.7. The van der Waals surface area contributed by atoms with Gasteiger partial charge in [0, 0.05) is 18.1 Å². The van der Waals surface area contributed by atoms with Crippen molar-refractivity contribution in [1.29, 1.82) is 0 Å². The van der Waals surface area contributed by atoms with Crippen LogP contribution in [0.4, 0.5) is 5.95 Å². The molecule has 0 radical (unpaired) electrons. The van der Waals surface area contributed by atoms with Crippen LogP contribution < -0.4 is 15.2 Å². The van der Waals surface area contributed by atoms with Crippen molar-refractivity contribution >= 4 is 27.1 Å². The van der Waals surface area contributed by atoms with Gasteiger partial charge >= 0.3 is 0 Å². The smallest absolute Gasteiger partial charge is 0.268 e. The molecule has 20 heteroatoms. The van der Waals surface area contributed by atoms with Gasteiger partial charge in [0.2, 0.25) is 38.7 Å². The molecule has 4 aromatic heterocycles. The van der Waals surface area contributed by atoms with Crippen LogP contribution in [0.25, 0.3) is 11.3 Å². The lowest BCUT2D eigenvalue weighted by atomic mass is 9.81. The highest BCUT2D eigenvalue weighted by molar-refractivity contribution is 7.90. The van der Waals surface area contributed by atoms with E-state index < -0.39 is 37.8 Å². The predicted molar refractivity (Wildman–Crippen MR) is 235 cm³/mol. The monoisotopic (exact) mass is 905 g/mol. The summed E-state index contributed by atoms with van der Waals surface area (Å²) in [6.45, 7) is 12.2. The number of rotatable bonds is 13. The van der Waals surface area contributed by atoms with E-state index in [-0.39, 0.29) is 67.1 Å². The van der Waals surface area contributed by atoms with E-state index >= 15 is 0 Å². The summed E-state index contributed by atoms with van der Waals surface area (Å²) in [5.74, 6) is -3.94. The van der Waals surface area contributed by atoms with Crippen molar-refractivity contribution in [2.75, 3.05) is 26.2 Å². The summed E-state index contributed by atoms with van der Waals surface area (Å²) < 4.78 is 62.6. The third-order valence-electron chi connectivity index (χ3n) is 12.5. The molecule has 0 spiro atoms. The molecule has 8 atom stereocenters. The van der Waals surface area contributed by atoms with E-state index in [4.69, 9.17) is 34.2 Å². The molecule has 346 valence electrons. The zero-order valence-electron chi connectivity index (χ0n) is 36.8. The maximum Gasteiger partial charge on any atom is 0.268 e. The first-order chi connectivity index (χ1) is 29.9. The predicted octanol–water partition coefficient (Wildman–Crippen LogP) is 5.02. The minimum atomic E-state index is -3.77. The minimum absolute atomic E-state index is 0. The molecule has 0 saturated carbocycles. The van der Waals surface area contributed by atoms with Crippen molar-refractivity contribution in [2.45, 2.75) is 115 Å². The summed E-state index contributed by atoms with van der Waals surface area (Å²) in [5, 5.41) is 31.9. The molecule has 2 aromatic carbocycles. The lowest BCUT2D eigenvalue weighted by molar-refractivity contribution is -0.288. The largest absolute Gasteiger partial charge is 0.478 e. The first-order valence-electron chi connectivity index (χ1n) is 20.6. The topological polar surface area (TPSA) is 242 Å². The van der Waals surface area contributed by atoms with Gasteiger partial charge in [-0.25, -0.2) is 27.4 Å². The number of aromatic nitrogens is 8. The van der Waals surface area contributed by atoms with Crippen LogP contribution in [0.15, 0.2) is 78.2 Å². The second-order valence-corrected chi connectivity index (χ2v) is 18.1. The summed E-state index contributed by atoms with van der Waals surface area (Å²) >= 11 is 0. The average molecular weight is 906 g/mol. The number of benzene rings is 2. The normalized spacial score (nSPS) is 27.9. The Hall–Kier alpha value is -5.35. The molecule has 0 amide bonds. The van der Waals surface area contributed by atoms with Crippen molar-refractivity contribution < 1.29 is 47.1 Å². The van der Waals surface area contributed by atoms with Gasteiger partial charge in [-0.2, -0.15) is 9.97 Å². The Labute approximate surface area is 372 Å². The summed E-state index contributed by atoms with van der Waals surface area (Å²) in [6, 6.07) is 19.4. The Morgan fingerprint density at radius 3 is 1.52 bits per heavy atom. The molecule has 6 heterocycles. The van der Waals surface area contributed by atoms with E-state index in [0.717, 1.165) is 17.4 Å². The van der Waals surface area contributed by atoms with Gasteiger partial charge in [0.25, 0.3) is 16.9 Å². The third-order valence-corrected chi connectivity index (χ3v) is 13.3. The first kappa shape index (κ1) is 48.1. The number of sulfone groups is 1. The average Bonchev–Trinajstić information content (AvgIpc) is 4.01. The van der Waals surface area contributed by atoms with Gasteiger partial charge in [-0.3, -0.25) is 0 Å². The van der Waals surface area contributed by atoms with Gasteiger partial charge in [-0.1, -0.05) is 95.8 Å². The van der Waals surface area contributed by atoms with Crippen LogP contribution in [0.1, 0.15) is 84.3 Å². The molecule has 0 aliphatic carbocycles. The van der Waals surface area contributed by atoms with Crippen molar-refractivity contribution in [1.82, 2.24) is 39.2 Å². The minimum Gasteiger partial charge on any atom is -0.478 e. The fraction of sp³-hybridized carbons (Fsp3) is 0.500. The second-order valence-electron chi connectivity index (χ2n) is 16.2. The van der Waals surface area contributed by atoms with Gasteiger partial charge < -0.3 is 44.4 Å². The van der Waals surface area contributed by atoms with Gasteiger partial charge in [0.05, 0.1) is 52.0 Å². The lowest BCUT2D eigenvalue weighted by Crippen LogP contribution is -2.52. The van der Waals surface area contributed by atoms with E-state index in [0.29, 0.717) is 30.8 Å². The number of nitrogen functional groups attached to an aromatic ring is 1. The molecule has 8 rings (SSSR count). The molecular weight excluding hydrogens is 847 g/mol. The summed E-state index contributed by atoms with van der Waals surface area (Å²) in [6.07, 6.45) is 4.69. The number of imidazole rings is 2. The van der Waals surface area contributed by atoms with Gasteiger partial charge in [0.1, 0.15) is 22.6 Å². The molecule has 64 heavy (non-hydrogen) atoms. The molecule has 2 aliphatic rings. The number of nitrogens with two attached hydrogens (primary N) is 1. The SMILES string of the molecule is C.CC[C@H]1O[C@@](O)(c2cnc3c(OC)nc(N)nn23)[C@](C)(OCc2ccccc2)[C@@H]1C.CC[C@H]1O[C@@](O)(c2cnc3c(OC)nc(S(C)(=O)=O)nn23)[C@](C)(OCc2ccccc2)[C@@H]1C. The van der Waals surface area contributed by atoms with Crippen LogP contribution in [0.3, 0.4) is 0 Å². The standard InChI is InChI=1S/C22H28N4O6S.C21H27N5O4.CH4/c1-6-16-14(2)21(3,31-13-15-10-8-7-9-11-15)22(27,32-16)17-12-23-18-19(30-4)24-20(25-26(17)18)33(5,28)29;1-5-15-13(2)20(3,29-12-14-9-7-6-8-10-14)21(27,30-15)16-11-23-17-18(28-4)24-19(22)25-26(16)17;/h7-12,14,16,27H,6,13H2,1-5H3;6-11,13,15,27H,5,12H2,1-4H3,(H2,22,25);1H4/t14-,16-,21-,22+;13-,15-,20-,21+;/m11./s1.